The van der Waals surface area contributed by atoms with Gasteiger partial charge in [-0.2, -0.15) is 0 Å². The van der Waals surface area contributed by atoms with Crippen LogP contribution in [0.15, 0.2) is 0 Å². The Kier molecular flexibility index (Phi) is 3.60. The van der Waals surface area contributed by atoms with Crippen molar-refractivity contribution in [3.05, 3.63) is 0 Å². The second-order valence-electron chi connectivity index (χ2n) is 5.33. The molecule has 1 fully saturated rings. The van der Waals surface area contributed by atoms with Crippen molar-refractivity contribution in [3.63, 3.8) is 0 Å². The monoisotopic (exact) mass is 214 g/mol. The van der Waals surface area contributed by atoms with Crippen LogP contribution in [-0.4, -0.2) is 35.7 Å². The Morgan fingerprint density at radius 3 is 2.53 bits per heavy atom. The number of ether oxygens (including phenoxy) is 1. The maximum atomic E-state index is 11.7. The molecular weight excluding hydrogens is 192 g/mol. The molecule has 1 aliphatic rings. The van der Waals surface area contributed by atoms with Gasteiger partial charge in [0.15, 0.2) is 0 Å². The number of hydrogen-bond acceptors (Lipinski definition) is 3. The van der Waals surface area contributed by atoms with E-state index in [0.717, 1.165) is 19.5 Å². The van der Waals surface area contributed by atoms with Crippen LogP contribution in [0.25, 0.3) is 0 Å². The van der Waals surface area contributed by atoms with Crippen molar-refractivity contribution in [3.8, 4) is 0 Å². The van der Waals surface area contributed by atoms with Crippen LogP contribution in [0.4, 0.5) is 4.79 Å². The lowest BCUT2D eigenvalue weighted by Gasteiger charge is -2.24. The van der Waals surface area contributed by atoms with Crippen LogP contribution in [-0.2, 0) is 4.74 Å². The van der Waals surface area contributed by atoms with E-state index >= 15 is 0 Å². The maximum Gasteiger partial charge on any atom is 0.410 e. The maximum absolute atomic E-state index is 11.7. The zero-order chi connectivity index (χ0) is 11.6. The van der Waals surface area contributed by atoms with Gasteiger partial charge in [0.05, 0.1) is 0 Å². The Morgan fingerprint density at radius 2 is 2.13 bits per heavy atom. The van der Waals surface area contributed by atoms with Gasteiger partial charge in [0.25, 0.3) is 0 Å². The molecule has 0 aliphatic carbocycles. The van der Waals surface area contributed by atoms with Crippen LogP contribution in [0.2, 0.25) is 0 Å². The summed E-state index contributed by atoms with van der Waals surface area (Å²) in [5.74, 6) is 0.414. The lowest BCUT2D eigenvalue weighted by molar-refractivity contribution is 0.0287. The van der Waals surface area contributed by atoms with Crippen molar-refractivity contribution in [2.45, 2.75) is 45.8 Å². The summed E-state index contributed by atoms with van der Waals surface area (Å²) < 4.78 is 5.30. The third kappa shape index (κ3) is 3.70. The number of hydrogen-bond donors (Lipinski definition) is 1. The lowest BCUT2D eigenvalue weighted by atomic mass is 10.0. The summed E-state index contributed by atoms with van der Waals surface area (Å²) >= 11 is 0. The van der Waals surface area contributed by atoms with Crippen LogP contribution < -0.4 is 5.73 Å². The normalized spacial score (nSPS) is 24.1. The van der Waals surface area contributed by atoms with Gasteiger partial charge in [0.2, 0.25) is 0 Å². The molecule has 2 N–H and O–H groups in total. The average molecular weight is 214 g/mol. The summed E-state index contributed by atoms with van der Waals surface area (Å²) in [7, 11) is 0. The Labute approximate surface area is 91.8 Å². The standard InChI is InChI=1S/C11H22N2O2/c1-8(12)9-5-6-13(7-9)10(14)15-11(2,3)4/h8-9H,5-7,12H2,1-4H3/t8-,9+/m0/s1. The molecule has 88 valence electrons. The summed E-state index contributed by atoms with van der Waals surface area (Å²) in [6, 6.07) is 0.150. The predicted octanol–water partition coefficient (Wildman–Crippen LogP) is 1.59. The average Bonchev–Trinajstić information content (AvgIpc) is 2.47. The fourth-order valence-electron chi connectivity index (χ4n) is 1.71. The number of nitrogens with zero attached hydrogens (tertiary/aromatic N) is 1. The minimum atomic E-state index is -0.413. The van der Waals surface area contributed by atoms with Crippen molar-refractivity contribution >= 4 is 6.09 Å². The van der Waals surface area contributed by atoms with Gasteiger partial charge in [0, 0.05) is 19.1 Å². The summed E-state index contributed by atoms with van der Waals surface area (Å²) in [6.07, 6.45) is 0.766. The molecule has 4 heteroatoms. The second kappa shape index (κ2) is 4.39. The summed E-state index contributed by atoms with van der Waals surface area (Å²) in [6.45, 7) is 9.12. The first-order valence-corrected chi connectivity index (χ1v) is 5.53. The van der Waals surface area contributed by atoms with Gasteiger partial charge < -0.3 is 15.4 Å². The van der Waals surface area contributed by atoms with Gasteiger partial charge in [-0.15, -0.1) is 0 Å². The molecule has 0 aromatic heterocycles. The first-order chi connectivity index (χ1) is 6.79. The molecule has 1 heterocycles. The zero-order valence-electron chi connectivity index (χ0n) is 10.1. The SMILES string of the molecule is C[C@H](N)[C@@H]1CCN(C(=O)OC(C)(C)C)C1. The molecule has 0 saturated carbocycles. The van der Waals surface area contributed by atoms with E-state index in [1.807, 2.05) is 27.7 Å². The highest BCUT2D eigenvalue weighted by molar-refractivity contribution is 5.68. The van der Waals surface area contributed by atoms with Gasteiger partial charge in [-0.1, -0.05) is 0 Å². The molecule has 1 saturated heterocycles. The largest absolute Gasteiger partial charge is 0.444 e. The van der Waals surface area contributed by atoms with E-state index in [2.05, 4.69) is 0 Å². The van der Waals surface area contributed by atoms with Crippen molar-refractivity contribution in [2.24, 2.45) is 11.7 Å². The fourth-order valence-corrected chi connectivity index (χ4v) is 1.71. The van der Waals surface area contributed by atoms with E-state index in [0.29, 0.717) is 5.92 Å². The Balaban J connectivity index is 2.44. The Morgan fingerprint density at radius 1 is 1.53 bits per heavy atom. The summed E-state index contributed by atoms with van der Waals surface area (Å²) in [4.78, 5) is 13.4. The van der Waals surface area contributed by atoms with Crippen LogP contribution >= 0.6 is 0 Å². The first kappa shape index (κ1) is 12.3. The molecule has 1 rings (SSSR count). The smallest absolute Gasteiger partial charge is 0.410 e. The highest BCUT2D eigenvalue weighted by Crippen LogP contribution is 2.20. The van der Waals surface area contributed by atoms with E-state index in [9.17, 15) is 4.79 Å². The van der Waals surface area contributed by atoms with E-state index in [-0.39, 0.29) is 12.1 Å². The summed E-state index contributed by atoms with van der Waals surface area (Å²) in [5, 5.41) is 0. The molecule has 0 spiro atoms. The minimum absolute atomic E-state index is 0.150. The number of likely N-dealkylation sites (tertiary alicyclic amines) is 1. The Hall–Kier alpha value is -0.770. The molecule has 0 unspecified atom stereocenters. The zero-order valence-corrected chi connectivity index (χ0v) is 10.1. The predicted molar refractivity (Wildman–Crippen MR) is 59.6 cm³/mol. The topological polar surface area (TPSA) is 55.6 Å². The molecule has 4 nitrogen and oxygen atoms in total. The number of nitrogens with two attached hydrogens (primary N) is 1. The minimum Gasteiger partial charge on any atom is -0.444 e. The lowest BCUT2D eigenvalue weighted by Crippen LogP contribution is -2.37. The molecule has 0 radical (unpaired) electrons. The number of amides is 1. The number of carbonyl (C=O) groups is 1. The van der Waals surface area contributed by atoms with E-state index < -0.39 is 5.60 Å². The Bertz CT molecular complexity index is 233. The van der Waals surface area contributed by atoms with Gasteiger partial charge >= 0.3 is 6.09 Å². The third-order valence-electron chi connectivity index (χ3n) is 2.62. The molecule has 0 aromatic carbocycles. The van der Waals surface area contributed by atoms with Gasteiger partial charge in [0.1, 0.15) is 5.60 Å². The quantitative estimate of drug-likeness (QED) is 0.721. The molecule has 1 amide bonds. The highest BCUT2D eigenvalue weighted by Gasteiger charge is 2.31. The van der Waals surface area contributed by atoms with Gasteiger partial charge in [-0.25, -0.2) is 4.79 Å². The van der Waals surface area contributed by atoms with Crippen LogP contribution in [0.1, 0.15) is 34.1 Å². The van der Waals surface area contributed by atoms with Crippen LogP contribution in [0, 0.1) is 5.92 Å². The van der Waals surface area contributed by atoms with Crippen molar-refractivity contribution in [1.82, 2.24) is 4.90 Å². The number of rotatable bonds is 1. The van der Waals surface area contributed by atoms with E-state index in [1.165, 1.54) is 0 Å². The van der Waals surface area contributed by atoms with Gasteiger partial charge in [-0.05, 0) is 40.0 Å². The highest BCUT2D eigenvalue weighted by atomic mass is 16.6. The molecule has 0 bridgehead atoms. The molecule has 1 aliphatic heterocycles. The van der Waals surface area contributed by atoms with E-state index in [1.54, 1.807) is 4.90 Å². The van der Waals surface area contributed by atoms with Crippen LogP contribution in [0.5, 0.6) is 0 Å². The van der Waals surface area contributed by atoms with Crippen molar-refractivity contribution in [2.75, 3.05) is 13.1 Å². The second-order valence-corrected chi connectivity index (χ2v) is 5.33. The fraction of sp³-hybridized carbons (Fsp3) is 0.909. The first-order valence-electron chi connectivity index (χ1n) is 5.53. The third-order valence-corrected chi connectivity index (χ3v) is 2.62. The molecular formula is C11H22N2O2. The van der Waals surface area contributed by atoms with Crippen LogP contribution in [0.3, 0.4) is 0 Å². The molecule has 15 heavy (non-hydrogen) atoms. The van der Waals surface area contributed by atoms with Gasteiger partial charge in [-0.3, -0.25) is 0 Å². The molecule has 2 atom stereocenters. The van der Waals surface area contributed by atoms with E-state index in [4.69, 9.17) is 10.5 Å². The number of carbonyl (C=O) groups excluding carboxylic acids is 1. The van der Waals surface area contributed by atoms with Crippen molar-refractivity contribution < 1.29 is 9.53 Å². The summed E-state index contributed by atoms with van der Waals surface area (Å²) in [5.41, 5.74) is 5.40. The van der Waals surface area contributed by atoms with Crippen molar-refractivity contribution in [1.29, 1.82) is 0 Å². The molecule has 0 aromatic rings.